The zero-order valence-electron chi connectivity index (χ0n) is 19.3. The van der Waals surface area contributed by atoms with Gasteiger partial charge in [-0.15, -0.1) is 0 Å². The molecular weight excluding hydrogens is 444 g/mol. The molecule has 1 N–H and O–H groups in total. The van der Waals surface area contributed by atoms with E-state index in [1.165, 1.54) is 7.11 Å². The molecule has 0 bridgehead atoms. The molecule has 8 heteroatoms. The molecule has 0 saturated carbocycles. The average Bonchev–Trinajstić information content (AvgIpc) is 2.84. The molecule has 7 nitrogen and oxygen atoms in total. The smallest absolute Gasteiger partial charge is 0.337 e. The summed E-state index contributed by atoms with van der Waals surface area (Å²) < 4.78 is 16.1. The van der Waals surface area contributed by atoms with Crippen LogP contribution in [-0.2, 0) is 14.3 Å². The molecule has 1 heterocycles. The van der Waals surface area contributed by atoms with E-state index >= 15 is 0 Å². The van der Waals surface area contributed by atoms with Crippen LogP contribution in [0.5, 0.6) is 5.75 Å². The summed E-state index contributed by atoms with van der Waals surface area (Å²) in [5, 5.41) is 3.78. The maximum atomic E-state index is 13.5. The van der Waals surface area contributed by atoms with Gasteiger partial charge in [-0.3, -0.25) is 9.69 Å². The van der Waals surface area contributed by atoms with E-state index in [1.54, 1.807) is 24.3 Å². The van der Waals surface area contributed by atoms with E-state index in [1.807, 2.05) is 38.2 Å². The zero-order chi connectivity index (χ0) is 23.8. The van der Waals surface area contributed by atoms with Crippen molar-refractivity contribution in [1.82, 2.24) is 10.2 Å². The second kappa shape index (κ2) is 11.5. The van der Waals surface area contributed by atoms with Gasteiger partial charge in [0.1, 0.15) is 17.9 Å². The minimum absolute atomic E-state index is 0.0411. The molecule has 1 saturated heterocycles. The van der Waals surface area contributed by atoms with Crippen molar-refractivity contribution in [1.29, 1.82) is 0 Å². The van der Waals surface area contributed by atoms with Gasteiger partial charge in [0.05, 0.1) is 18.7 Å². The number of rotatable bonds is 9. The summed E-state index contributed by atoms with van der Waals surface area (Å²) >= 11 is 6.02. The zero-order valence-corrected chi connectivity index (χ0v) is 20.1. The lowest BCUT2D eigenvalue weighted by molar-refractivity contribution is -0.140. The van der Waals surface area contributed by atoms with Crippen molar-refractivity contribution in [2.75, 3.05) is 40.5 Å². The van der Waals surface area contributed by atoms with E-state index in [-0.39, 0.29) is 17.9 Å². The van der Waals surface area contributed by atoms with Crippen LogP contribution in [0.3, 0.4) is 0 Å². The number of amides is 1. The Labute approximate surface area is 200 Å². The first-order chi connectivity index (χ1) is 15.9. The van der Waals surface area contributed by atoms with Crippen LogP contribution in [0.4, 0.5) is 0 Å². The Morgan fingerprint density at radius 1 is 1.18 bits per heavy atom. The Morgan fingerprint density at radius 2 is 1.88 bits per heavy atom. The number of nitrogens with one attached hydrogen (secondary N) is 1. The SMILES string of the molecule is COC(=O)c1ccc(C(C)NC(=O)C2(N(C)CCOc3cccc(Cl)c3)CCOCC2)cc1. The normalized spacial score (nSPS) is 16.2. The van der Waals surface area contributed by atoms with Crippen LogP contribution < -0.4 is 10.1 Å². The molecule has 0 radical (unpaired) electrons. The van der Waals surface area contributed by atoms with Crippen molar-refractivity contribution in [3.63, 3.8) is 0 Å². The number of esters is 1. The average molecular weight is 475 g/mol. The van der Waals surface area contributed by atoms with E-state index in [0.717, 1.165) is 5.56 Å². The summed E-state index contributed by atoms with van der Waals surface area (Å²) in [6.45, 7) is 3.98. The number of carbonyl (C=O) groups is 2. The van der Waals surface area contributed by atoms with Gasteiger partial charge in [0, 0.05) is 24.8 Å². The van der Waals surface area contributed by atoms with Gasteiger partial charge in [-0.1, -0.05) is 29.8 Å². The largest absolute Gasteiger partial charge is 0.492 e. The molecule has 178 valence electrons. The van der Waals surface area contributed by atoms with Gasteiger partial charge >= 0.3 is 5.97 Å². The number of hydrogen-bond donors (Lipinski definition) is 1. The van der Waals surface area contributed by atoms with Crippen LogP contribution >= 0.6 is 11.6 Å². The summed E-state index contributed by atoms with van der Waals surface area (Å²) in [6.07, 6.45) is 1.20. The topological polar surface area (TPSA) is 77.1 Å². The molecule has 2 aromatic carbocycles. The van der Waals surface area contributed by atoms with E-state index in [0.29, 0.717) is 55.5 Å². The summed E-state index contributed by atoms with van der Waals surface area (Å²) in [7, 11) is 3.30. The molecular formula is C25H31ClN2O5. The standard InChI is InChI=1S/C25H31ClN2O5/c1-18(19-7-9-20(10-8-19)23(29)31-3)27-24(30)25(11-14-32-15-12-25)28(2)13-16-33-22-6-4-5-21(26)17-22/h4-10,17-18H,11-16H2,1-3H3,(H,27,30). The van der Waals surface area contributed by atoms with Crippen molar-refractivity contribution in [3.8, 4) is 5.75 Å². The van der Waals surface area contributed by atoms with Crippen LogP contribution in [0.15, 0.2) is 48.5 Å². The van der Waals surface area contributed by atoms with E-state index < -0.39 is 5.54 Å². The van der Waals surface area contributed by atoms with Crippen molar-refractivity contribution in [3.05, 3.63) is 64.7 Å². The van der Waals surface area contributed by atoms with Crippen molar-refractivity contribution >= 4 is 23.5 Å². The number of likely N-dealkylation sites (N-methyl/N-ethyl adjacent to an activating group) is 1. The Morgan fingerprint density at radius 3 is 2.52 bits per heavy atom. The van der Waals surface area contributed by atoms with Gasteiger partial charge in [0.15, 0.2) is 0 Å². The monoisotopic (exact) mass is 474 g/mol. The minimum atomic E-state index is -0.684. The second-order valence-corrected chi connectivity index (χ2v) is 8.62. The molecule has 1 aliphatic rings. The van der Waals surface area contributed by atoms with Crippen molar-refractivity contribution < 1.29 is 23.8 Å². The van der Waals surface area contributed by atoms with Gasteiger partial charge < -0.3 is 19.5 Å². The van der Waals surface area contributed by atoms with Crippen LogP contribution in [0.2, 0.25) is 5.02 Å². The highest BCUT2D eigenvalue weighted by molar-refractivity contribution is 6.30. The Bertz CT molecular complexity index is 944. The van der Waals surface area contributed by atoms with Gasteiger partial charge in [-0.25, -0.2) is 4.79 Å². The molecule has 2 aromatic rings. The fourth-order valence-electron chi connectivity index (χ4n) is 4.00. The summed E-state index contributed by atoms with van der Waals surface area (Å²) in [4.78, 5) is 27.2. The Balaban J connectivity index is 1.64. The minimum Gasteiger partial charge on any atom is -0.492 e. The van der Waals surface area contributed by atoms with Crippen LogP contribution in [-0.4, -0.2) is 62.8 Å². The maximum Gasteiger partial charge on any atom is 0.337 e. The second-order valence-electron chi connectivity index (χ2n) is 8.18. The molecule has 1 fully saturated rings. The summed E-state index contributed by atoms with van der Waals surface area (Å²) in [6, 6.07) is 14.1. The highest BCUT2D eigenvalue weighted by Gasteiger charge is 2.44. The van der Waals surface area contributed by atoms with E-state index in [9.17, 15) is 9.59 Å². The molecule has 1 unspecified atom stereocenters. The number of halogens is 1. The molecule has 1 amide bonds. The third-order valence-corrected chi connectivity index (χ3v) is 6.38. The van der Waals surface area contributed by atoms with Gasteiger partial charge in [0.2, 0.25) is 5.91 Å². The number of carbonyl (C=O) groups excluding carboxylic acids is 2. The Hall–Kier alpha value is -2.61. The van der Waals surface area contributed by atoms with Crippen LogP contribution in [0.25, 0.3) is 0 Å². The van der Waals surface area contributed by atoms with Crippen LogP contribution in [0, 0.1) is 0 Å². The molecule has 0 spiro atoms. The van der Waals surface area contributed by atoms with Crippen molar-refractivity contribution in [2.45, 2.75) is 31.3 Å². The maximum absolute atomic E-state index is 13.5. The van der Waals surface area contributed by atoms with Crippen LogP contribution in [0.1, 0.15) is 41.7 Å². The lowest BCUT2D eigenvalue weighted by Gasteiger charge is -2.43. The lowest BCUT2D eigenvalue weighted by atomic mass is 9.86. The van der Waals surface area contributed by atoms with E-state index in [4.69, 9.17) is 25.8 Å². The molecule has 0 aromatic heterocycles. The highest BCUT2D eigenvalue weighted by Crippen LogP contribution is 2.29. The third kappa shape index (κ3) is 6.25. The fourth-order valence-corrected chi connectivity index (χ4v) is 4.18. The number of nitrogens with zero attached hydrogens (tertiary/aromatic N) is 1. The first-order valence-electron chi connectivity index (χ1n) is 11.0. The Kier molecular flexibility index (Phi) is 8.72. The quantitative estimate of drug-likeness (QED) is 0.556. The lowest BCUT2D eigenvalue weighted by Crippen LogP contribution is -2.61. The van der Waals surface area contributed by atoms with E-state index in [2.05, 4.69) is 10.2 Å². The van der Waals surface area contributed by atoms with Gasteiger partial charge in [-0.05, 0) is 62.7 Å². The van der Waals surface area contributed by atoms with Crippen molar-refractivity contribution in [2.24, 2.45) is 0 Å². The highest BCUT2D eigenvalue weighted by atomic mass is 35.5. The molecule has 1 aliphatic heterocycles. The molecule has 0 aliphatic carbocycles. The number of ether oxygens (including phenoxy) is 3. The predicted molar refractivity (Wildman–Crippen MR) is 127 cm³/mol. The summed E-state index contributed by atoms with van der Waals surface area (Å²) in [5.41, 5.74) is 0.696. The number of methoxy groups -OCH3 is 1. The van der Waals surface area contributed by atoms with Gasteiger partial charge in [0.25, 0.3) is 0 Å². The first kappa shape index (κ1) is 25.0. The molecule has 33 heavy (non-hydrogen) atoms. The molecule has 3 rings (SSSR count). The summed E-state index contributed by atoms with van der Waals surface area (Å²) in [5.74, 6) is 0.270. The number of hydrogen-bond acceptors (Lipinski definition) is 6. The third-order valence-electron chi connectivity index (χ3n) is 6.14. The number of benzene rings is 2. The first-order valence-corrected chi connectivity index (χ1v) is 11.4. The predicted octanol–water partition coefficient (Wildman–Crippen LogP) is 3.86. The van der Waals surface area contributed by atoms with Gasteiger partial charge in [-0.2, -0.15) is 0 Å². The fraction of sp³-hybridized carbons (Fsp3) is 0.440. The molecule has 1 atom stereocenters.